The number of halogens is 2. The summed E-state index contributed by atoms with van der Waals surface area (Å²) in [4.78, 5) is 28.1. The highest BCUT2D eigenvalue weighted by molar-refractivity contribution is 6.35. The van der Waals surface area contributed by atoms with Crippen molar-refractivity contribution < 1.29 is 9.59 Å². The van der Waals surface area contributed by atoms with Crippen molar-refractivity contribution >= 4 is 35.0 Å². The van der Waals surface area contributed by atoms with Gasteiger partial charge in [-0.1, -0.05) is 83.9 Å². The third-order valence-electron chi connectivity index (χ3n) is 5.48. The summed E-state index contributed by atoms with van der Waals surface area (Å²) < 4.78 is 0. The Morgan fingerprint density at radius 3 is 2.28 bits per heavy atom. The van der Waals surface area contributed by atoms with E-state index in [4.69, 9.17) is 23.2 Å². The SMILES string of the molecule is CNC(=O)C(Cc1ccccc1)N(Cc1ccc(Cl)cc1Cl)C(=O)Cc1ccccc1C. The molecule has 0 bridgehead atoms. The van der Waals surface area contributed by atoms with Crippen LogP contribution in [0.15, 0.2) is 72.8 Å². The summed E-state index contributed by atoms with van der Waals surface area (Å²) >= 11 is 12.5. The first-order chi connectivity index (χ1) is 15.4. The number of hydrogen-bond donors (Lipinski definition) is 1. The lowest BCUT2D eigenvalue weighted by Gasteiger charge is -2.31. The number of amides is 2. The highest BCUT2D eigenvalue weighted by Gasteiger charge is 2.30. The molecule has 32 heavy (non-hydrogen) atoms. The Kier molecular flexibility index (Phi) is 8.32. The fourth-order valence-electron chi connectivity index (χ4n) is 3.63. The van der Waals surface area contributed by atoms with E-state index < -0.39 is 6.04 Å². The van der Waals surface area contributed by atoms with Crippen LogP contribution in [0, 0.1) is 6.92 Å². The Morgan fingerprint density at radius 2 is 1.62 bits per heavy atom. The lowest BCUT2D eigenvalue weighted by Crippen LogP contribution is -2.50. The molecular formula is C26H26Cl2N2O2. The third-order valence-corrected chi connectivity index (χ3v) is 6.06. The van der Waals surface area contributed by atoms with Gasteiger partial charge in [0.1, 0.15) is 6.04 Å². The van der Waals surface area contributed by atoms with Gasteiger partial charge >= 0.3 is 0 Å². The number of hydrogen-bond acceptors (Lipinski definition) is 2. The second kappa shape index (κ2) is 11.2. The van der Waals surface area contributed by atoms with Crippen LogP contribution in [0.5, 0.6) is 0 Å². The first kappa shape index (κ1) is 23.8. The van der Waals surface area contributed by atoms with E-state index >= 15 is 0 Å². The van der Waals surface area contributed by atoms with Crippen LogP contribution < -0.4 is 5.32 Å². The largest absolute Gasteiger partial charge is 0.357 e. The Balaban J connectivity index is 1.98. The summed E-state index contributed by atoms with van der Waals surface area (Å²) in [5.74, 6) is -0.369. The second-order valence-electron chi connectivity index (χ2n) is 7.68. The summed E-state index contributed by atoms with van der Waals surface area (Å²) in [6, 6.07) is 21.9. The second-order valence-corrected chi connectivity index (χ2v) is 8.52. The fourth-order valence-corrected chi connectivity index (χ4v) is 4.10. The molecule has 0 aliphatic carbocycles. The number of rotatable bonds is 8. The van der Waals surface area contributed by atoms with Gasteiger partial charge in [-0.25, -0.2) is 0 Å². The molecule has 0 aromatic heterocycles. The first-order valence-corrected chi connectivity index (χ1v) is 11.2. The molecule has 0 aliphatic rings. The van der Waals surface area contributed by atoms with E-state index in [0.29, 0.717) is 16.5 Å². The van der Waals surface area contributed by atoms with Gasteiger partial charge in [0.25, 0.3) is 0 Å². The van der Waals surface area contributed by atoms with Crippen LogP contribution in [0.1, 0.15) is 22.3 Å². The van der Waals surface area contributed by atoms with Crippen LogP contribution >= 0.6 is 23.2 Å². The zero-order chi connectivity index (χ0) is 23.1. The summed E-state index contributed by atoms with van der Waals surface area (Å²) in [5.41, 5.74) is 3.66. The van der Waals surface area contributed by atoms with E-state index in [1.165, 1.54) is 0 Å². The number of nitrogens with one attached hydrogen (secondary N) is 1. The van der Waals surface area contributed by atoms with Gasteiger partial charge in [-0.15, -0.1) is 0 Å². The Hall–Kier alpha value is -2.82. The molecule has 3 aromatic rings. The normalized spacial score (nSPS) is 11.6. The zero-order valence-corrected chi connectivity index (χ0v) is 19.7. The predicted octanol–water partition coefficient (Wildman–Crippen LogP) is 5.23. The summed E-state index contributed by atoms with van der Waals surface area (Å²) in [6.45, 7) is 2.18. The number of benzene rings is 3. The monoisotopic (exact) mass is 468 g/mol. The third kappa shape index (κ3) is 6.12. The van der Waals surface area contributed by atoms with Crippen molar-refractivity contribution in [3.63, 3.8) is 0 Å². The average molecular weight is 469 g/mol. The quantitative estimate of drug-likeness (QED) is 0.491. The van der Waals surface area contributed by atoms with Gasteiger partial charge in [0.2, 0.25) is 11.8 Å². The molecule has 1 unspecified atom stereocenters. The van der Waals surface area contributed by atoms with Gasteiger partial charge in [-0.3, -0.25) is 9.59 Å². The van der Waals surface area contributed by atoms with Crippen molar-refractivity contribution in [2.75, 3.05) is 7.05 Å². The van der Waals surface area contributed by atoms with Crippen LogP contribution in [-0.2, 0) is 29.0 Å². The van der Waals surface area contributed by atoms with E-state index in [1.54, 1.807) is 30.1 Å². The highest BCUT2D eigenvalue weighted by Crippen LogP contribution is 2.24. The smallest absolute Gasteiger partial charge is 0.242 e. The van der Waals surface area contributed by atoms with E-state index in [1.807, 2.05) is 61.5 Å². The van der Waals surface area contributed by atoms with Gasteiger partial charge in [-0.2, -0.15) is 0 Å². The number of nitrogens with zero attached hydrogens (tertiary/aromatic N) is 1. The van der Waals surface area contributed by atoms with E-state index in [-0.39, 0.29) is 24.8 Å². The topological polar surface area (TPSA) is 49.4 Å². The fraction of sp³-hybridized carbons (Fsp3) is 0.231. The average Bonchev–Trinajstić information content (AvgIpc) is 2.79. The molecule has 1 atom stereocenters. The van der Waals surface area contributed by atoms with Crippen molar-refractivity contribution in [3.05, 3.63) is 105 Å². The van der Waals surface area contributed by atoms with Crippen LogP contribution in [-0.4, -0.2) is 29.8 Å². The summed E-state index contributed by atoms with van der Waals surface area (Å²) in [7, 11) is 1.58. The summed E-state index contributed by atoms with van der Waals surface area (Å²) in [6.07, 6.45) is 0.589. The van der Waals surface area contributed by atoms with Crippen LogP contribution in [0.25, 0.3) is 0 Å². The van der Waals surface area contributed by atoms with Crippen molar-refractivity contribution in [1.29, 1.82) is 0 Å². The molecule has 1 N–H and O–H groups in total. The van der Waals surface area contributed by atoms with Crippen molar-refractivity contribution in [2.24, 2.45) is 0 Å². The molecule has 166 valence electrons. The van der Waals surface area contributed by atoms with Gasteiger partial charge < -0.3 is 10.2 Å². The molecule has 3 aromatic carbocycles. The maximum Gasteiger partial charge on any atom is 0.242 e. The molecule has 6 heteroatoms. The maximum absolute atomic E-state index is 13.6. The van der Waals surface area contributed by atoms with Gasteiger partial charge in [-0.05, 0) is 41.3 Å². The van der Waals surface area contributed by atoms with E-state index in [9.17, 15) is 9.59 Å². The Bertz CT molecular complexity index is 1090. The molecule has 0 saturated carbocycles. The van der Waals surface area contributed by atoms with Gasteiger partial charge in [0, 0.05) is 30.1 Å². The zero-order valence-electron chi connectivity index (χ0n) is 18.1. The minimum absolute atomic E-state index is 0.144. The predicted molar refractivity (Wildman–Crippen MR) is 130 cm³/mol. The summed E-state index contributed by atoms with van der Waals surface area (Å²) in [5, 5.41) is 3.70. The lowest BCUT2D eigenvalue weighted by molar-refractivity contribution is -0.140. The van der Waals surface area contributed by atoms with E-state index in [0.717, 1.165) is 22.3 Å². The Morgan fingerprint density at radius 1 is 0.938 bits per heavy atom. The molecule has 0 fully saturated rings. The molecule has 0 saturated heterocycles. The first-order valence-electron chi connectivity index (χ1n) is 10.4. The number of aryl methyl sites for hydroxylation is 1. The van der Waals surface area contributed by atoms with Gasteiger partial charge in [0.15, 0.2) is 0 Å². The number of carbonyl (C=O) groups excluding carboxylic acids is 2. The standard InChI is InChI=1S/C26H26Cl2N2O2/c1-18-8-6-7-11-20(18)15-25(31)30(17-21-12-13-22(27)16-23(21)28)24(26(32)29-2)14-19-9-4-3-5-10-19/h3-13,16,24H,14-15,17H2,1-2H3,(H,29,32). The lowest BCUT2D eigenvalue weighted by atomic mass is 10.0. The molecule has 2 amide bonds. The minimum Gasteiger partial charge on any atom is -0.357 e. The number of carbonyl (C=O) groups is 2. The van der Waals surface area contributed by atoms with Crippen molar-refractivity contribution in [1.82, 2.24) is 10.2 Å². The molecule has 3 rings (SSSR count). The molecule has 0 aliphatic heterocycles. The minimum atomic E-state index is -0.689. The maximum atomic E-state index is 13.6. The molecular weight excluding hydrogens is 443 g/mol. The van der Waals surface area contributed by atoms with Crippen LogP contribution in [0.4, 0.5) is 0 Å². The molecule has 0 heterocycles. The number of likely N-dealkylation sites (N-methyl/N-ethyl adjacent to an activating group) is 1. The molecule has 0 radical (unpaired) electrons. The molecule has 4 nitrogen and oxygen atoms in total. The Labute approximate surface area is 199 Å². The van der Waals surface area contributed by atoms with E-state index in [2.05, 4.69) is 5.32 Å². The van der Waals surface area contributed by atoms with Gasteiger partial charge in [0.05, 0.1) is 6.42 Å². The van der Waals surface area contributed by atoms with Crippen molar-refractivity contribution in [2.45, 2.75) is 32.4 Å². The van der Waals surface area contributed by atoms with Crippen molar-refractivity contribution in [3.8, 4) is 0 Å². The van der Waals surface area contributed by atoms with Crippen LogP contribution in [0.2, 0.25) is 10.0 Å². The van der Waals surface area contributed by atoms with Crippen LogP contribution in [0.3, 0.4) is 0 Å². The highest BCUT2D eigenvalue weighted by atomic mass is 35.5. The molecule has 0 spiro atoms.